The van der Waals surface area contributed by atoms with E-state index in [9.17, 15) is 9.59 Å². The maximum Gasteiger partial charge on any atom is 0.347 e. The summed E-state index contributed by atoms with van der Waals surface area (Å²) in [5, 5.41) is 12.4. The van der Waals surface area contributed by atoms with E-state index in [1.807, 2.05) is 20.8 Å². The number of carbonyl (C=O) groups is 2. The first-order chi connectivity index (χ1) is 8.36. The molecule has 0 fully saturated rings. The van der Waals surface area contributed by atoms with Crippen molar-refractivity contribution >= 4 is 23.2 Å². The number of rotatable bonds is 5. The van der Waals surface area contributed by atoms with E-state index in [2.05, 4.69) is 10.3 Å². The lowest BCUT2D eigenvalue weighted by atomic mass is 10.1. The van der Waals surface area contributed by atoms with Crippen molar-refractivity contribution in [3.8, 4) is 0 Å². The highest BCUT2D eigenvalue weighted by Crippen LogP contribution is 2.23. The highest BCUT2D eigenvalue weighted by Gasteiger charge is 2.20. The Morgan fingerprint density at radius 1 is 1.44 bits per heavy atom. The largest absolute Gasteiger partial charge is 0.477 e. The fraction of sp³-hybridized carbons (Fsp3) is 0.583. The summed E-state index contributed by atoms with van der Waals surface area (Å²) in [6.45, 7) is 7.28. The van der Waals surface area contributed by atoms with Crippen LogP contribution in [0.4, 0.5) is 0 Å². The van der Waals surface area contributed by atoms with Crippen molar-refractivity contribution in [2.45, 2.75) is 40.2 Å². The standard InChI is InChI=1S/C12H18N2O3S/c1-5-6(2)10(15)13-8(4)11-14-7(3)9(18-11)12(16)17/h6,8H,5H2,1-4H3,(H,13,15)(H,16,17)/t6-,8-/m0/s1. The molecule has 0 bridgehead atoms. The summed E-state index contributed by atoms with van der Waals surface area (Å²) >= 11 is 1.11. The summed E-state index contributed by atoms with van der Waals surface area (Å²) < 4.78 is 0. The van der Waals surface area contributed by atoms with E-state index in [0.717, 1.165) is 17.8 Å². The summed E-state index contributed by atoms with van der Waals surface area (Å²) in [5.41, 5.74) is 0.493. The Labute approximate surface area is 110 Å². The van der Waals surface area contributed by atoms with Crippen LogP contribution in [-0.2, 0) is 4.79 Å². The number of thiazole rings is 1. The Morgan fingerprint density at radius 2 is 2.06 bits per heavy atom. The van der Waals surface area contributed by atoms with Crippen LogP contribution < -0.4 is 5.32 Å². The zero-order chi connectivity index (χ0) is 13.9. The molecular weight excluding hydrogens is 252 g/mol. The number of aryl methyl sites for hydroxylation is 1. The number of carboxylic acid groups (broad SMARTS) is 1. The van der Waals surface area contributed by atoms with Gasteiger partial charge in [-0.15, -0.1) is 11.3 Å². The van der Waals surface area contributed by atoms with Gasteiger partial charge < -0.3 is 10.4 Å². The molecule has 1 rings (SSSR count). The molecule has 0 unspecified atom stereocenters. The minimum Gasteiger partial charge on any atom is -0.477 e. The van der Waals surface area contributed by atoms with Gasteiger partial charge in [-0.3, -0.25) is 4.79 Å². The van der Waals surface area contributed by atoms with Crippen molar-refractivity contribution in [2.24, 2.45) is 5.92 Å². The van der Waals surface area contributed by atoms with Crippen molar-refractivity contribution in [2.75, 3.05) is 0 Å². The van der Waals surface area contributed by atoms with Crippen LogP contribution in [0.3, 0.4) is 0 Å². The Hall–Kier alpha value is -1.43. The third-order valence-electron chi connectivity index (χ3n) is 2.80. The van der Waals surface area contributed by atoms with Crippen molar-refractivity contribution in [3.63, 3.8) is 0 Å². The van der Waals surface area contributed by atoms with E-state index < -0.39 is 5.97 Å². The van der Waals surface area contributed by atoms with Gasteiger partial charge in [0.05, 0.1) is 11.7 Å². The van der Waals surface area contributed by atoms with Crippen LogP contribution >= 0.6 is 11.3 Å². The second-order valence-corrected chi connectivity index (χ2v) is 5.34. The molecule has 5 nitrogen and oxygen atoms in total. The SMILES string of the molecule is CC[C@H](C)C(=O)N[C@@H](C)c1nc(C)c(C(=O)O)s1. The highest BCUT2D eigenvalue weighted by molar-refractivity contribution is 7.13. The number of aromatic carboxylic acids is 1. The molecule has 2 N–H and O–H groups in total. The molecular formula is C12H18N2O3S. The van der Waals surface area contributed by atoms with Gasteiger partial charge in [0.2, 0.25) is 5.91 Å². The lowest BCUT2D eigenvalue weighted by Gasteiger charge is -2.14. The van der Waals surface area contributed by atoms with E-state index in [0.29, 0.717) is 10.7 Å². The van der Waals surface area contributed by atoms with Crippen molar-refractivity contribution in [3.05, 3.63) is 15.6 Å². The molecule has 1 aromatic rings. The molecule has 2 atom stereocenters. The Kier molecular flexibility index (Phi) is 4.84. The third kappa shape index (κ3) is 3.29. The second-order valence-electron chi connectivity index (χ2n) is 4.31. The van der Waals surface area contributed by atoms with Crippen molar-refractivity contribution in [1.29, 1.82) is 0 Å². The molecule has 1 aromatic heterocycles. The van der Waals surface area contributed by atoms with E-state index >= 15 is 0 Å². The first-order valence-electron chi connectivity index (χ1n) is 5.87. The van der Waals surface area contributed by atoms with Gasteiger partial charge in [0.1, 0.15) is 9.88 Å². The summed E-state index contributed by atoms with van der Waals surface area (Å²) in [4.78, 5) is 27.1. The van der Waals surface area contributed by atoms with Crippen LogP contribution in [0.5, 0.6) is 0 Å². The van der Waals surface area contributed by atoms with E-state index in [4.69, 9.17) is 5.11 Å². The summed E-state index contributed by atoms with van der Waals surface area (Å²) in [7, 11) is 0. The molecule has 6 heteroatoms. The number of hydrogen-bond donors (Lipinski definition) is 2. The van der Waals surface area contributed by atoms with Crippen LogP contribution in [0.25, 0.3) is 0 Å². The van der Waals surface area contributed by atoms with Crippen LogP contribution in [0, 0.1) is 12.8 Å². The minimum absolute atomic E-state index is 0.0327. The lowest BCUT2D eigenvalue weighted by molar-refractivity contribution is -0.125. The van der Waals surface area contributed by atoms with Crippen molar-refractivity contribution in [1.82, 2.24) is 10.3 Å². The second kappa shape index (κ2) is 5.95. The van der Waals surface area contributed by atoms with Crippen LogP contribution in [-0.4, -0.2) is 22.0 Å². The van der Waals surface area contributed by atoms with Crippen LogP contribution in [0.15, 0.2) is 0 Å². The molecule has 100 valence electrons. The molecule has 0 spiro atoms. The first-order valence-corrected chi connectivity index (χ1v) is 6.69. The highest BCUT2D eigenvalue weighted by atomic mass is 32.1. The van der Waals surface area contributed by atoms with Gasteiger partial charge in [0.25, 0.3) is 0 Å². The summed E-state index contributed by atoms with van der Waals surface area (Å²) in [5.74, 6) is -1.06. The Balaban J connectivity index is 2.79. The fourth-order valence-corrected chi connectivity index (χ4v) is 2.31. The molecule has 0 saturated carbocycles. The minimum atomic E-state index is -0.975. The molecule has 0 aliphatic carbocycles. The van der Waals surface area contributed by atoms with E-state index in [-0.39, 0.29) is 22.7 Å². The zero-order valence-electron chi connectivity index (χ0n) is 11.0. The number of hydrogen-bond acceptors (Lipinski definition) is 4. The monoisotopic (exact) mass is 270 g/mol. The molecule has 0 aliphatic rings. The molecule has 0 saturated heterocycles. The smallest absolute Gasteiger partial charge is 0.347 e. The number of nitrogens with one attached hydrogen (secondary N) is 1. The normalized spacial score (nSPS) is 14.0. The van der Waals surface area contributed by atoms with Gasteiger partial charge >= 0.3 is 5.97 Å². The molecule has 1 amide bonds. The molecule has 0 radical (unpaired) electrons. The number of carbonyl (C=O) groups excluding carboxylic acids is 1. The van der Waals surface area contributed by atoms with Gasteiger partial charge in [0.15, 0.2) is 0 Å². The predicted octanol–water partition coefficient (Wildman–Crippen LogP) is 2.37. The van der Waals surface area contributed by atoms with Gasteiger partial charge in [-0.1, -0.05) is 13.8 Å². The van der Waals surface area contributed by atoms with Gasteiger partial charge in [0, 0.05) is 5.92 Å². The maximum absolute atomic E-state index is 11.7. The number of amides is 1. The van der Waals surface area contributed by atoms with Gasteiger partial charge in [-0.25, -0.2) is 9.78 Å². The van der Waals surface area contributed by atoms with E-state index in [1.54, 1.807) is 6.92 Å². The Morgan fingerprint density at radius 3 is 2.50 bits per heavy atom. The number of nitrogens with zero attached hydrogens (tertiary/aromatic N) is 1. The van der Waals surface area contributed by atoms with Crippen LogP contribution in [0.2, 0.25) is 0 Å². The quantitative estimate of drug-likeness (QED) is 0.861. The zero-order valence-corrected chi connectivity index (χ0v) is 11.8. The van der Waals surface area contributed by atoms with Crippen LogP contribution in [0.1, 0.15) is 53.6 Å². The summed E-state index contributed by atoms with van der Waals surface area (Å²) in [6, 6.07) is -0.261. The maximum atomic E-state index is 11.7. The third-order valence-corrected chi connectivity index (χ3v) is 4.12. The average molecular weight is 270 g/mol. The molecule has 18 heavy (non-hydrogen) atoms. The molecule has 1 heterocycles. The molecule has 0 aliphatic heterocycles. The predicted molar refractivity (Wildman–Crippen MR) is 69.8 cm³/mol. The fourth-order valence-electron chi connectivity index (χ4n) is 1.40. The summed E-state index contributed by atoms with van der Waals surface area (Å²) in [6.07, 6.45) is 0.774. The molecule has 0 aromatic carbocycles. The van der Waals surface area contributed by atoms with E-state index in [1.165, 1.54) is 0 Å². The van der Waals surface area contributed by atoms with Crippen molar-refractivity contribution < 1.29 is 14.7 Å². The number of aromatic nitrogens is 1. The first kappa shape index (κ1) is 14.6. The Bertz CT molecular complexity index is 456. The van der Waals surface area contributed by atoms with Gasteiger partial charge in [-0.2, -0.15) is 0 Å². The van der Waals surface area contributed by atoms with Gasteiger partial charge in [-0.05, 0) is 20.3 Å². The topological polar surface area (TPSA) is 79.3 Å². The average Bonchev–Trinajstić information content (AvgIpc) is 2.70. The number of carboxylic acids is 1. The lowest BCUT2D eigenvalue weighted by Crippen LogP contribution is -2.31.